The summed E-state index contributed by atoms with van der Waals surface area (Å²) in [6.07, 6.45) is 1.19. The van der Waals surface area contributed by atoms with Crippen molar-refractivity contribution in [3.8, 4) is 0 Å². The zero-order valence-electron chi connectivity index (χ0n) is 7.72. The third-order valence-corrected chi connectivity index (χ3v) is 2.53. The van der Waals surface area contributed by atoms with E-state index in [1.54, 1.807) is 0 Å². The second-order valence-corrected chi connectivity index (χ2v) is 3.51. The lowest BCUT2D eigenvalue weighted by atomic mass is 9.92. The molecule has 11 heavy (non-hydrogen) atoms. The fourth-order valence-electron chi connectivity index (χ4n) is 1.53. The fraction of sp³-hybridized carbons (Fsp3) is 0.778. The van der Waals surface area contributed by atoms with E-state index in [1.807, 2.05) is 7.05 Å². The van der Waals surface area contributed by atoms with Crippen LogP contribution in [0.3, 0.4) is 0 Å². The van der Waals surface area contributed by atoms with Crippen LogP contribution < -0.4 is 5.32 Å². The molecule has 1 rings (SSSR count). The molecule has 1 aliphatic heterocycles. The SMILES string of the molecule is C=C1CN(C)C1CC(C)NC. The van der Waals surface area contributed by atoms with Gasteiger partial charge in [0.15, 0.2) is 0 Å². The second-order valence-electron chi connectivity index (χ2n) is 3.51. The average molecular weight is 154 g/mol. The van der Waals surface area contributed by atoms with Crippen LogP contribution in [0.25, 0.3) is 0 Å². The van der Waals surface area contributed by atoms with Crippen LogP contribution in [0.5, 0.6) is 0 Å². The first kappa shape index (κ1) is 8.75. The summed E-state index contributed by atoms with van der Waals surface area (Å²) >= 11 is 0. The molecule has 0 bridgehead atoms. The first-order chi connectivity index (χ1) is 5.15. The Labute approximate surface area is 69.3 Å². The molecule has 1 heterocycles. The van der Waals surface area contributed by atoms with Gasteiger partial charge in [0, 0.05) is 18.6 Å². The quantitative estimate of drug-likeness (QED) is 0.606. The van der Waals surface area contributed by atoms with Gasteiger partial charge in [-0.15, -0.1) is 0 Å². The molecule has 2 atom stereocenters. The molecular formula is C9H18N2. The molecule has 1 fully saturated rings. The van der Waals surface area contributed by atoms with Crippen LogP contribution in [-0.2, 0) is 0 Å². The highest BCUT2D eigenvalue weighted by molar-refractivity contribution is 5.17. The van der Waals surface area contributed by atoms with Gasteiger partial charge in [-0.2, -0.15) is 0 Å². The van der Waals surface area contributed by atoms with E-state index in [1.165, 1.54) is 12.0 Å². The molecule has 0 aromatic heterocycles. The predicted octanol–water partition coefficient (Wildman–Crippen LogP) is 0.855. The first-order valence-corrected chi connectivity index (χ1v) is 4.20. The summed E-state index contributed by atoms with van der Waals surface area (Å²) in [6.45, 7) is 7.30. The molecule has 1 aliphatic rings. The van der Waals surface area contributed by atoms with Gasteiger partial charge in [-0.1, -0.05) is 6.58 Å². The summed E-state index contributed by atoms with van der Waals surface area (Å²) in [4.78, 5) is 2.34. The van der Waals surface area contributed by atoms with Crippen LogP contribution in [-0.4, -0.2) is 37.6 Å². The lowest BCUT2D eigenvalue weighted by molar-refractivity contribution is 0.186. The highest BCUT2D eigenvalue weighted by Crippen LogP contribution is 2.23. The molecule has 0 spiro atoms. The van der Waals surface area contributed by atoms with Crippen molar-refractivity contribution in [2.45, 2.75) is 25.4 Å². The maximum atomic E-state index is 4.01. The van der Waals surface area contributed by atoms with Gasteiger partial charge in [0.25, 0.3) is 0 Å². The smallest absolute Gasteiger partial charge is 0.0332 e. The van der Waals surface area contributed by atoms with Gasteiger partial charge in [0.1, 0.15) is 0 Å². The summed E-state index contributed by atoms with van der Waals surface area (Å²) in [7, 11) is 4.16. The number of hydrogen-bond donors (Lipinski definition) is 1. The Morgan fingerprint density at radius 1 is 1.82 bits per heavy atom. The Balaban J connectivity index is 2.31. The predicted molar refractivity (Wildman–Crippen MR) is 48.7 cm³/mol. The summed E-state index contributed by atoms with van der Waals surface area (Å²) in [6, 6.07) is 1.22. The van der Waals surface area contributed by atoms with E-state index in [0.29, 0.717) is 12.1 Å². The monoisotopic (exact) mass is 154 g/mol. The van der Waals surface area contributed by atoms with Gasteiger partial charge in [-0.05, 0) is 33.0 Å². The van der Waals surface area contributed by atoms with Crippen LogP contribution in [0.15, 0.2) is 12.2 Å². The first-order valence-electron chi connectivity index (χ1n) is 4.20. The van der Waals surface area contributed by atoms with Gasteiger partial charge in [-0.3, -0.25) is 4.90 Å². The van der Waals surface area contributed by atoms with Crippen LogP contribution in [0.2, 0.25) is 0 Å². The van der Waals surface area contributed by atoms with Gasteiger partial charge >= 0.3 is 0 Å². The normalized spacial score (nSPS) is 28.3. The third kappa shape index (κ3) is 1.82. The molecule has 0 radical (unpaired) electrons. The van der Waals surface area contributed by atoms with Crippen molar-refractivity contribution in [3.63, 3.8) is 0 Å². The lowest BCUT2D eigenvalue weighted by Gasteiger charge is -2.41. The number of rotatable bonds is 3. The van der Waals surface area contributed by atoms with E-state index in [-0.39, 0.29) is 0 Å². The van der Waals surface area contributed by atoms with Crippen molar-refractivity contribution in [1.82, 2.24) is 10.2 Å². The number of nitrogens with zero attached hydrogens (tertiary/aromatic N) is 1. The summed E-state index contributed by atoms with van der Waals surface area (Å²) in [5, 5.41) is 3.24. The van der Waals surface area contributed by atoms with E-state index in [9.17, 15) is 0 Å². The molecule has 0 amide bonds. The minimum atomic E-state index is 0.597. The summed E-state index contributed by atoms with van der Waals surface area (Å²) in [5.74, 6) is 0. The molecule has 2 heteroatoms. The van der Waals surface area contributed by atoms with Gasteiger partial charge in [0.2, 0.25) is 0 Å². The molecule has 64 valence electrons. The van der Waals surface area contributed by atoms with Crippen molar-refractivity contribution in [2.24, 2.45) is 0 Å². The van der Waals surface area contributed by atoms with E-state index in [2.05, 4.69) is 30.8 Å². The molecular weight excluding hydrogens is 136 g/mol. The zero-order valence-corrected chi connectivity index (χ0v) is 7.72. The molecule has 1 saturated heterocycles. The largest absolute Gasteiger partial charge is 0.317 e. The van der Waals surface area contributed by atoms with E-state index in [4.69, 9.17) is 0 Å². The van der Waals surface area contributed by atoms with E-state index in [0.717, 1.165) is 6.54 Å². The van der Waals surface area contributed by atoms with Crippen molar-refractivity contribution in [1.29, 1.82) is 0 Å². The van der Waals surface area contributed by atoms with E-state index < -0.39 is 0 Å². The Hall–Kier alpha value is -0.340. The topological polar surface area (TPSA) is 15.3 Å². The number of nitrogens with one attached hydrogen (secondary N) is 1. The minimum Gasteiger partial charge on any atom is -0.317 e. The molecule has 0 aromatic rings. The molecule has 1 N–H and O–H groups in total. The Kier molecular flexibility index (Phi) is 2.68. The maximum absolute atomic E-state index is 4.01. The van der Waals surface area contributed by atoms with Crippen LogP contribution >= 0.6 is 0 Å². The van der Waals surface area contributed by atoms with Gasteiger partial charge < -0.3 is 5.32 Å². The molecule has 2 unspecified atom stereocenters. The maximum Gasteiger partial charge on any atom is 0.0332 e. The van der Waals surface area contributed by atoms with Crippen molar-refractivity contribution >= 4 is 0 Å². The molecule has 0 saturated carbocycles. The van der Waals surface area contributed by atoms with Crippen molar-refractivity contribution < 1.29 is 0 Å². The van der Waals surface area contributed by atoms with Crippen molar-refractivity contribution in [2.75, 3.05) is 20.6 Å². The third-order valence-electron chi connectivity index (χ3n) is 2.53. The number of likely N-dealkylation sites (N-methyl/N-ethyl adjacent to an activating group) is 1. The van der Waals surface area contributed by atoms with Gasteiger partial charge in [0.05, 0.1) is 0 Å². The van der Waals surface area contributed by atoms with Gasteiger partial charge in [-0.25, -0.2) is 0 Å². The van der Waals surface area contributed by atoms with Crippen LogP contribution in [0.1, 0.15) is 13.3 Å². The molecule has 0 aliphatic carbocycles. The molecule has 2 nitrogen and oxygen atoms in total. The average Bonchev–Trinajstić information content (AvgIpc) is 2.00. The standard InChI is InChI=1S/C9H18N2/c1-7-6-11(4)9(7)5-8(2)10-3/h8-10H,1,5-6H2,2-4H3. The van der Waals surface area contributed by atoms with Crippen LogP contribution in [0, 0.1) is 0 Å². The second kappa shape index (κ2) is 3.37. The van der Waals surface area contributed by atoms with E-state index >= 15 is 0 Å². The van der Waals surface area contributed by atoms with Crippen LogP contribution in [0.4, 0.5) is 0 Å². The minimum absolute atomic E-state index is 0.597. The summed E-state index contributed by atoms with van der Waals surface area (Å²) < 4.78 is 0. The zero-order chi connectivity index (χ0) is 8.43. The number of hydrogen-bond acceptors (Lipinski definition) is 2. The van der Waals surface area contributed by atoms with Crippen molar-refractivity contribution in [3.05, 3.63) is 12.2 Å². The highest BCUT2D eigenvalue weighted by atomic mass is 15.2. The summed E-state index contributed by atoms with van der Waals surface area (Å²) in [5.41, 5.74) is 1.38. The molecule has 0 aromatic carbocycles. The highest BCUT2D eigenvalue weighted by Gasteiger charge is 2.28. The Morgan fingerprint density at radius 2 is 2.45 bits per heavy atom. The Morgan fingerprint density at radius 3 is 2.82 bits per heavy atom. The lowest BCUT2D eigenvalue weighted by Crippen LogP contribution is -2.49. The Bertz CT molecular complexity index is 154. The fourth-order valence-corrected chi connectivity index (χ4v) is 1.53. The number of likely N-dealkylation sites (tertiary alicyclic amines) is 1.